The van der Waals surface area contributed by atoms with E-state index < -0.39 is 68.1 Å². The van der Waals surface area contributed by atoms with E-state index in [9.17, 15) is 35.6 Å². The summed E-state index contributed by atoms with van der Waals surface area (Å²) in [5.41, 5.74) is 4.11. The molecule has 238 valence electrons. The van der Waals surface area contributed by atoms with E-state index >= 15 is 0 Å². The van der Waals surface area contributed by atoms with Crippen molar-refractivity contribution in [3.05, 3.63) is 59.5 Å². The van der Waals surface area contributed by atoms with Crippen molar-refractivity contribution in [3.63, 3.8) is 0 Å². The van der Waals surface area contributed by atoms with Gasteiger partial charge in [-0.1, -0.05) is 20.8 Å². The zero-order chi connectivity index (χ0) is 32.4. The molecule has 16 heteroatoms. The Labute approximate surface area is 249 Å². The first-order chi connectivity index (χ1) is 20.5. The van der Waals surface area contributed by atoms with Gasteiger partial charge in [0.1, 0.15) is 16.5 Å². The van der Waals surface area contributed by atoms with Gasteiger partial charge in [-0.25, -0.2) is 31.7 Å². The number of carbonyl (C=O) groups excluding carboxylic acids is 2. The van der Waals surface area contributed by atoms with E-state index in [4.69, 9.17) is 19.6 Å². The lowest BCUT2D eigenvalue weighted by Gasteiger charge is -2.24. The lowest BCUT2D eigenvalue weighted by Crippen LogP contribution is -2.33. The highest BCUT2D eigenvalue weighted by Gasteiger charge is 2.35. The van der Waals surface area contributed by atoms with Crippen molar-refractivity contribution < 1.29 is 54.2 Å². The molecular weight excluding hydrogens is 614 g/mol. The van der Waals surface area contributed by atoms with Crippen molar-refractivity contribution in [1.29, 1.82) is 0 Å². The number of halogens is 4. The fourth-order valence-corrected chi connectivity index (χ4v) is 5.09. The zero-order valence-electron chi connectivity index (χ0n) is 23.7. The summed E-state index contributed by atoms with van der Waals surface area (Å²) >= 11 is 0. The molecule has 1 fully saturated rings. The molecule has 44 heavy (non-hydrogen) atoms. The van der Waals surface area contributed by atoms with Crippen molar-refractivity contribution in [2.75, 3.05) is 6.61 Å². The molecule has 2 aromatic carbocycles. The maximum absolute atomic E-state index is 14.3. The summed E-state index contributed by atoms with van der Waals surface area (Å²) in [6, 6.07) is 5.35. The monoisotopic (exact) mass is 643 g/mol. The topological polar surface area (TPSA) is 160 Å². The van der Waals surface area contributed by atoms with Crippen LogP contribution in [-0.4, -0.2) is 38.6 Å². The molecule has 3 N–H and O–H groups in total. The van der Waals surface area contributed by atoms with Gasteiger partial charge in [-0.05, 0) is 60.9 Å². The Morgan fingerprint density at radius 1 is 1.11 bits per heavy atom. The van der Waals surface area contributed by atoms with Crippen LogP contribution in [0.2, 0.25) is 0 Å². The van der Waals surface area contributed by atoms with Gasteiger partial charge in [0.25, 0.3) is 15.9 Å². The average Bonchev–Trinajstić information content (AvgIpc) is 3.61. The van der Waals surface area contributed by atoms with Crippen LogP contribution >= 0.6 is 0 Å². The Balaban J connectivity index is 1.79. The molecule has 0 aliphatic heterocycles. The van der Waals surface area contributed by atoms with Crippen LogP contribution < -0.4 is 19.9 Å². The second-order valence-corrected chi connectivity index (χ2v) is 12.9. The highest BCUT2D eigenvalue weighted by atomic mass is 32.2. The van der Waals surface area contributed by atoms with Crippen molar-refractivity contribution in [2.24, 2.45) is 17.1 Å². The Hall–Kier alpha value is -4.34. The predicted octanol–water partition coefficient (Wildman–Crippen LogP) is 5.70. The smallest absolute Gasteiger partial charge is 0.405 e. The number of rotatable bonds is 12. The summed E-state index contributed by atoms with van der Waals surface area (Å²) in [6.07, 6.45) is -0.764. The largest absolute Gasteiger partial charge is 0.489 e. The number of amides is 2. The molecule has 4 rings (SSSR count). The number of nitrogens with one attached hydrogen (secondary N) is 1. The Morgan fingerprint density at radius 2 is 1.82 bits per heavy atom. The van der Waals surface area contributed by atoms with E-state index in [2.05, 4.69) is 9.72 Å². The second-order valence-electron chi connectivity index (χ2n) is 11.2. The van der Waals surface area contributed by atoms with Crippen LogP contribution in [0.5, 0.6) is 11.5 Å². The number of carbonyl (C=O) groups is 2. The standard InChI is InChI=1S/C28H29F4N3O8S/c1-28(2,3)12-20(42-27(33)37)23-22(24(36)35-44(38,39)21-9-7-16(29)11-17(21)30)34-25(43-23)15-6-8-18(41-26(31)32)19(10-15)40-13-14-4-5-14/h6-11,14,20,26H,4-5,12-13H2,1-3H3,(H2,33,37)(H,35,36)/t20-/m0/s1. The molecule has 2 amide bonds. The molecule has 11 nitrogen and oxygen atoms in total. The molecule has 0 radical (unpaired) electrons. The normalized spacial score (nSPS) is 14.3. The third-order valence-corrected chi connectivity index (χ3v) is 7.57. The number of nitrogens with two attached hydrogens (primary N) is 1. The fraction of sp³-hybridized carbons (Fsp3) is 0.393. The minimum atomic E-state index is -4.91. The summed E-state index contributed by atoms with van der Waals surface area (Å²) in [6.45, 7) is 2.40. The third-order valence-electron chi connectivity index (χ3n) is 6.21. The molecule has 1 aliphatic carbocycles. The molecule has 1 atom stereocenters. The van der Waals surface area contributed by atoms with Crippen LogP contribution in [0.4, 0.5) is 22.4 Å². The molecule has 3 aromatic rings. The minimum absolute atomic E-state index is 0.0150. The summed E-state index contributed by atoms with van der Waals surface area (Å²) in [7, 11) is -4.91. The van der Waals surface area contributed by atoms with Gasteiger partial charge in [0.15, 0.2) is 29.1 Å². The minimum Gasteiger partial charge on any atom is -0.489 e. The van der Waals surface area contributed by atoms with E-state index in [1.54, 1.807) is 25.5 Å². The van der Waals surface area contributed by atoms with Crippen molar-refractivity contribution in [3.8, 4) is 23.0 Å². The van der Waals surface area contributed by atoms with Crippen LogP contribution in [0.15, 0.2) is 45.7 Å². The lowest BCUT2D eigenvalue weighted by atomic mass is 9.88. The molecule has 1 saturated carbocycles. The van der Waals surface area contributed by atoms with E-state index in [-0.39, 0.29) is 41.9 Å². The first kappa shape index (κ1) is 32.6. The number of oxazole rings is 1. The van der Waals surface area contributed by atoms with Crippen LogP contribution in [0.3, 0.4) is 0 Å². The van der Waals surface area contributed by atoms with Gasteiger partial charge < -0.3 is 24.4 Å². The number of nitrogens with zero attached hydrogens (tertiary/aromatic N) is 1. The number of hydrogen-bond donors (Lipinski definition) is 2. The van der Waals surface area contributed by atoms with Gasteiger partial charge in [-0.2, -0.15) is 8.78 Å². The SMILES string of the molecule is CC(C)(C)C[C@H](OC(N)=O)c1oc(-c2ccc(OC(F)F)c(OCC3CC3)c2)nc1C(=O)NS(=O)(=O)c1ccc(F)cc1F. The molecular formula is C28H29F4N3O8S. The predicted molar refractivity (Wildman–Crippen MR) is 145 cm³/mol. The van der Waals surface area contributed by atoms with Crippen LogP contribution in [-0.2, 0) is 14.8 Å². The maximum Gasteiger partial charge on any atom is 0.405 e. The van der Waals surface area contributed by atoms with Crippen LogP contribution in [0.25, 0.3) is 11.5 Å². The van der Waals surface area contributed by atoms with Crippen LogP contribution in [0, 0.1) is 23.0 Å². The highest BCUT2D eigenvalue weighted by Crippen LogP contribution is 2.39. The number of aromatic nitrogens is 1. The maximum atomic E-state index is 14.3. The van der Waals surface area contributed by atoms with Crippen molar-refractivity contribution in [2.45, 2.75) is 57.6 Å². The van der Waals surface area contributed by atoms with Crippen LogP contribution in [0.1, 0.15) is 62.4 Å². The number of alkyl halides is 2. The summed E-state index contributed by atoms with van der Waals surface area (Å²) in [4.78, 5) is 28.2. The van der Waals surface area contributed by atoms with Crippen molar-refractivity contribution >= 4 is 22.0 Å². The number of ether oxygens (including phenoxy) is 3. The second kappa shape index (κ2) is 12.7. The summed E-state index contributed by atoms with van der Waals surface area (Å²) in [5.74, 6) is -4.74. The zero-order valence-corrected chi connectivity index (χ0v) is 24.6. The van der Waals surface area contributed by atoms with Gasteiger partial charge >= 0.3 is 12.7 Å². The molecule has 1 heterocycles. The number of sulfonamides is 1. The van der Waals surface area contributed by atoms with E-state index in [1.807, 2.05) is 0 Å². The van der Waals surface area contributed by atoms with E-state index in [0.29, 0.717) is 18.2 Å². The fourth-order valence-electron chi connectivity index (χ4n) is 4.08. The average molecular weight is 644 g/mol. The third kappa shape index (κ3) is 8.39. The molecule has 0 spiro atoms. The molecule has 0 saturated heterocycles. The summed E-state index contributed by atoms with van der Waals surface area (Å²) in [5, 5.41) is 0. The van der Waals surface area contributed by atoms with E-state index in [0.717, 1.165) is 12.8 Å². The van der Waals surface area contributed by atoms with Crippen molar-refractivity contribution in [1.82, 2.24) is 9.71 Å². The molecule has 0 bridgehead atoms. The van der Waals surface area contributed by atoms with Gasteiger partial charge in [0, 0.05) is 11.6 Å². The number of primary amides is 1. The molecule has 1 aliphatic rings. The van der Waals surface area contributed by atoms with E-state index in [1.165, 1.54) is 18.2 Å². The van der Waals surface area contributed by atoms with Gasteiger partial charge in [-0.15, -0.1) is 0 Å². The Kier molecular flexibility index (Phi) is 9.41. The number of hydrogen-bond acceptors (Lipinski definition) is 9. The molecule has 0 unspecified atom stereocenters. The Bertz CT molecular complexity index is 1650. The van der Waals surface area contributed by atoms with Gasteiger partial charge in [0.05, 0.1) is 6.61 Å². The Morgan fingerprint density at radius 3 is 2.41 bits per heavy atom. The first-order valence-electron chi connectivity index (χ1n) is 13.2. The van der Waals surface area contributed by atoms with Gasteiger partial charge in [-0.3, -0.25) is 4.79 Å². The van der Waals surface area contributed by atoms with Gasteiger partial charge in [0.2, 0.25) is 5.89 Å². The highest BCUT2D eigenvalue weighted by molar-refractivity contribution is 7.90. The first-order valence-corrected chi connectivity index (χ1v) is 14.7. The number of benzene rings is 2. The quantitative estimate of drug-likeness (QED) is 0.236. The summed E-state index contributed by atoms with van der Waals surface area (Å²) < 4.78 is 102. The lowest BCUT2D eigenvalue weighted by molar-refractivity contribution is -0.0515. The molecule has 1 aromatic heterocycles.